The van der Waals surface area contributed by atoms with Crippen molar-refractivity contribution in [2.75, 3.05) is 7.11 Å². The molecule has 0 saturated carbocycles. The van der Waals surface area contributed by atoms with Gasteiger partial charge >= 0.3 is 7.12 Å². The average molecular weight is 263 g/mol. The Morgan fingerprint density at radius 3 is 2.26 bits per heavy atom. The van der Waals surface area contributed by atoms with Crippen molar-refractivity contribution in [3.8, 4) is 5.75 Å². The van der Waals surface area contributed by atoms with E-state index in [1.54, 1.807) is 13.3 Å². The molecular formula is C14H22BNO3. The number of hydrogen-bond donors (Lipinski definition) is 0. The van der Waals surface area contributed by atoms with Gasteiger partial charge in [0.15, 0.2) is 0 Å². The van der Waals surface area contributed by atoms with Gasteiger partial charge < -0.3 is 14.0 Å². The molecule has 1 aliphatic heterocycles. The van der Waals surface area contributed by atoms with E-state index < -0.39 is 7.12 Å². The summed E-state index contributed by atoms with van der Waals surface area (Å²) in [6.07, 6.45) is 2.61. The standard InChI is InChI=1S/C14H22BNO3/c1-7-10-8-11(12(17-6)9-16-10)15-18-13(2,3)14(4,5)19-15/h8-9H,7H2,1-6H3. The molecule has 0 N–H and O–H groups in total. The summed E-state index contributed by atoms with van der Waals surface area (Å²) in [7, 11) is 1.23. The molecule has 5 heteroatoms. The fourth-order valence-corrected chi connectivity index (χ4v) is 2.02. The predicted octanol–water partition coefficient (Wildman–Crippen LogP) is 1.95. The first-order valence-corrected chi connectivity index (χ1v) is 6.69. The summed E-state index contributed by atoms with van der Waals surface area (Å²) in [6, 6.07) is 2.00. The van der Waals surface area contributed by atoms with Gasteiger partial charge in [-0.2, -0.15) is 0 Å². The zero-order valence-corrected chi connectivity index (χ0v) is 12.6. The molecule has 0 unspecified atom stereocenters. The van der Waals surface area contributed by atoms with Crippen LogP contribution in [0.3, 0.4) is 0 Å². The third kappa shape index (κ3) is 2.49. The van der Waals surface area contributed by atoms with E-state index in [1.807, 2.05) is 33.8 Å². The minimum Gasteiger partial charge on any atom is -0.496 e. The molecule has 0 amide bonds. The van der Waals surface area contributed by atoms with Crippen LogP contribution in [0.1, 0.15) is 40.3 Å². The van der Waals surface area contributed by atoms with Gasteiger partial charge in [0.2, 0.25) is 0 Å². The molecule has 0 radical (unpaired) electrons. The molecule has 2 heterocycles. The lowest BCUT2D eigenvalue weighted by atomic mass is 9.78. The lowest BCUT2D eigenvalue weighted by Gasteiger charge is -2.32. The van der Waals surface area contributed by atoms with Gasteiger partial charge in [0, 0.05) is 11.2 Å². The van der Waals surface area contributed by atoms with Gasteiger partial charge in [-0.05, 0) is 40.2 Å². The van der Waals surface area contributed by atoms with Gasteiger partial charge in [-0.1, -0.05) is 6.92 Å². The Labute approximate surface area is 115 Å². The molecular weight excluding hydrogens is 241 g/mol. The molecule has 0 bridgehead atoms. The molecule has 2 rings (SSSR count). The smallest absolute Gasteiger partial charge is 0.496 e. The van der Waals surface area contributed by atoms with E-state index in [1.165, 1.54) is 0 Å². The van der Waals surface area contributed by atoms with Crippen molar-refractivity contribution in [3.05, 3.63) is 18.0 Å². The highest BCUT2D eigenvalue weighted by molar-refractivity contribution is 6.63. The third-order valence-electron chi connectivity index (χ3n) is 4.04. The molecule has 0 atom stereocenters. The van der Waals surface area contributed by atoms with E-state index in [4.69, 9.17) is 14.0 Å². The van der Waals surface area contributed by atoms with Crippen LogP contribution in [0.2, 0.25) is 0 Å². The Bertz CT molecular complexity index is 458. The summed E-state index contributed by atoms with van der Waals surface area (Å²) in [6.45, 7) is 10.2. The summed E-state index contributed by atoms with van der Waals surface area (Å²) in [5, 5.41) is 0. The second-order valence-electron chi connectivity index (χ2n) is 5.86. The van der Waals surface area contributed by atoms with E-state index in [0.29, 0.717) is 5.75 Å². The maximum atomic E-state index is 6.06. The van der Waals surface area contributed by atoms with Gasteiger partial charge in [0.05, 0.1) is 24.5 Å². The van der Waals surface area contributed by atoms with Gasteiger partial charge in [0.25, 0.3) is 0 Å². The second kappa shape index (κ2) is 4.80. The Balaban J connectivity index is 2.38. The largest absolute Gasteiger partial charge is 0.498 e. The quantitative estimate of drug-likeness (QED) is 0.781. The topological polar surface area (TPSA) is 40.6 Å². The highest BCUT2D eigenvalue weighted by Gasteiger charge is 2.52. The highest BCUT2D eigenvalue weighted by atomic mass is 16.7. The van der Waals surface area contributed by atoms with Crippen LogP contribution in [-0.2, 0) is 15.7 Å². The summed E-state index contributed by atoms with van der Waals surface area (Å²) in [5.41, 5.74) is 1.22. The molecule has 4 nitrogen and oxygen atoms in total. The molecule has 1 aliphatic rings. The minimum atomic E-state index is -0.409. The van der Waals surface area contributed by atoms with E-state index in [2.05, 4.69) is 11.9 Å². The van der Waals surface area contributed by atoms with E-state index >= 15 is 0 Å². The van der Waals surface area contributed by atoms with Crippen molar-refractivity contribution in [2.45, 2.75) is 52.2 Å². The fourth-order valence-electron chi connectivity index (χ4n) is 2.02. The molecule has 19 heavy (non-hydrogen) atoms. The summed E-state index contributed by atoms with van der Waals surface area (Å²) in [5.74, 6) is 0.704. The van der Waals surface area contributed by atoms with E-state index in [9.17, 15) is 0 Å². The monoisotopic (exact) mass is 263 g/mol. The molecule has 104 valence electrons. The average Bonchev–Trinajstić information content (AvgIpc) is 2.57. The molecule has 1 fully saturated rings. The number of rotatable bonds is 3. The lowest BCUT2D eigenvalue weighted by molar-refractivity contribution is 0.00578. The zero-order chi connectivity index (χ0) is 14.3. The van der Waals surface area contributed by atoms with Gasteiger partial charge in [-0.25, -0.2) is 0 Å². The first-order chi connectivity index (χ1) is 8.80. The van der Waals surface area contributed by atoms with Crippen LogP contribution < -0.4 is 10.2 Å². The predicted molar refractivity (Wildman–Crippen MR) is 75.9 cm³/mol. The number of aromatic nitrogens is 1. The molecule has 1 aromatic heterocycles. The minimum absolute atomic E-state index is 0.349. The van der Waals surface area contributed by atoms with Crippen molar-refractivity contribution in [3.63, 3.8) is 0 Å². The first kappa shape index (κ1) is 14.3. The Morgan fingerprint density at radius 2 is 1.79 bits per heavy atom. The van der Waals surface area contributed by atoms with Crippen LogP contribution in [0.4, 0.5) is 0 Å². The second-order valence-corrected chi connectivity index (χ2v) is 5.86. The van der Waals surface area contributed by atoms with Crippen molar-refractivity contribution >= 4 is 12.6 Å². The molecule has 1 aromatic rings. The third-order valence-corrected chi connectivity index (χ3v) is 4.04. The number of pyridine rings is 1. The Kier molecular flexibility index (Phi) is 3.62. The molecule has 0 spiro atoms. The molecule has 0 aliphatic carbocycles. The summed E-state index contributed by atoms with van der Waals surface area (Å²) < 4.78 is 17.5. The van der Waals surface area contributed by atoms with Gasteiger partial charge in [0.1, 0.15) is 5.75 Å². The van der Waals surface area contributed by atoms with Gasteiger partial charge in [-0.15, -0.1) is 0 Å². The van der Waals surface area contributed by atoms with Crippen LogP contribution in [0.5, 0.6) is 5.75 Å². The summed E-state index contributed by atoms with van der Waals surface area (Å²) >= 11 is 0. The fraction of sp³-hybridized carbons (Fsp3) is 0.643. The number of hydrogen-bond acceptors (Lipinski definition) is 4. The number of methoxy groups -OCH3 is 1. The lowest BCUT2D eigenvalue weighted by Crippen LogP contribution is -2.41. The highest BCUT2D eigenvalue weighted by Crippen LogP contribution is 2.37. The maximum absolute atomic E-state index is 6.06. The van der Waals surface area contributed by atoms with Crippen LogP contribution in [0.25, 0.3) is 0 Å². The van der Waals surface area contributed by atoms with Crippen molar-refractivity contribution in [1.82, 2.24) is 4.98 Å². The first-order valence-electron chi connectivity index (χ1n) is 6.69. The number of aryl methyl sites for hydroxylation is 1. The Morgan fingerprint density at radius 1 is 1.21 bits per heavy atom. The van der Waals surface area contributed by atoms with E-state index in [0.717, 1.165) is 17.6 Å². The number of nitrogens with zero attached hydrogens (tertiary/aromatic N) is 1. The van der Waals surface area contributed by atoms with Crippen molar-refractivity contribution in [1.29, 1.82) is 0 Å². The van der Waals surface area contributed by atoms with Crippen LogP contribution >= 0.6 is 0 Å². The van der Waals surface area contributed by atoms with Crippen molar-refractivity contribution < 1.29 is 14.0 Å². The zero-order valence-electron chi connectivity index (χ0n) is 12.6. The summed E-state index contributed by atoms with van der Waals surface area (Å²) in [4.78, 5) is 4.34. The van der Waals surface area contributed by atoms with Gasteiger partial charge in [-0.3, -0.25) is 4.98 Å². The normalized spacial score (nSPS) is 20.6. The number of ether oxygens (including phenoxy) is 1. The Hall–Kier alpha value is -1.07. The molecule has 1 saturated heterocycles. The SMILES string of the molecule is CCc1cc(B2OC(C)(C)C(C)(C)O2)c(OC)cn1. The molecule has 0 aromatic carbocycles. The van der Waals surface area contributed by atoms with Crippen LogP contribution in [-0.4, -0.2) is 30.4 Å². The van der Waals surface area contributed by atoms with Crippen LogP contribution in [0.15, 0.2) is 12.3 Å². The van der Waals surface area contributed by atoms with Crippen molar-refractivity contribution in [2.24, 2.45) is 0 Å². The van der Waals surface area contributed by atoms with E-state index in [-0.39, 0.29) is 11.2 Å². The van der Waals surface area contributed by atoms with Crippen LogP contribution in [0, 0.1) is 0 Å². The maximum Gasteiger partial charge on any atom is 0.498 e.